The van der Waals surface area contributed by atoms with E-state index in [0.29, 0.717) is 38.4 Å². The standard InChI is InChI=1S/C29H42N4O6/c1-18(2)21(17-34)33-24(26(36)30-10-11-32-12-14-38-15-13-32)29-16-19(3)28(4,39-29)22(23(29)27(33)37)25(35)31-20-8-6-5-7-9-20/h5-9,18-19,21-24,34H,10-17H2,1-4H3,(H,30,36)(H,31,35)/t19?,21-,22+,23-,24?,28-,29?/m0/s1. The fourth-order valence-electron chi connectivity index (χ4n) is 7.35. The van der Waals surface area contributed by atoms with Crippen LogP contribution in [0, 0.1) is 23.7 Å². The van der Waals surface area contributed by atoms with Crippen LogP contribution in [0.4, 0.5) is 5.69 Å². The van der Waals surface area contributed by atoms with Gasteiger partial charge in [0.1, 0.15) is 11.6 Å². The molecule has 0 saturated carbocycles. The van der Waals surface area contributed by atoms with Crippen LogP contribution in [0.2, 0.25) is 0 Å². The van der Waals surface area contributed by atoms with Crippen molar-refractivity contribution in [3.63, 3.8) is 0 Å². The average molecular weight is 543 g/mol. The molecule has 7 atom stereocenters. The second-order valence-electron chi connectivity index (χ2n) is 12.0. The molecule has 214 valence electrons. The molecule has 0 aromatic heterocycles. The van der Waals surface area contributed by atoms with Crippen molar-refractivity contribution in [2.24, 2.45) is 23.7 Å². The molecule has 39 heavy (non-hydrogen) atoms. The predicted octanol–water partition coefficient (Wildman–Crippen LogP) is 1.10. The van der Waals surface area contributed by atoms with E-state index in [9.17, 15) is 19.5 Å². The molecular formula is C29H42N4O6. The Morgan fingerprint density at radius 1 is 1.15 bits per heavy atom. The molecule has 1 aromatic rings. The number of hydrogen-bond acceptors (Lipinski definition) is 7. The normalized spacial score (nSPS) is 34.8. The van der Waals surface area contributed by atoms with Crippen molar-refractivity contribution in [1.82, 2.24) is 15.1 Å². The van der Waals surface area contributed by atoms with E-state index in [2.05, 4.69) is 15.5 Å². The van der Waals surface area contributed by atoms with Gasteiger partial charge in [0.25, 0.3) is 0 Å². The number of likely N-dealkylation sites (tertiary alicyclic amines) is 1. The Labute approximate surface area is 230 Å². The summed E-state index contributed by atoms with van der Waals surface area (Å²) in [4.78, 5) is 45.9. The average Bonchev–Trinajstić information content (AvgIpc) is 3.42. The molecule has 5 rings (SSSR count). The van der Waals surface area contributed by atoms with Gasteiger partial charge in [-0.3, -0.25) is 19.3 Å². The van der Waals surface area contributed by atoms with Crippen molar-refractivity contribution in [2.75, 3.05) is 51.3 Å². The van der Waals surface area contributed by atoms with Gasteiger partial charge >= 0.3 is 0 Å². The highest BCUT2D eigenvalue weighted by atomic mass is 16.5. The first kappa shape index (κ1) is 28.0. The zero-order chi connectivity index (χ0) is 27.9. The fraction of sp³-hybridized carbons (Fsp3) is 0.690. The molecule has 4 saturated heterocycles. The third-order valence-electron chi connectivity index (χ3n) is 9.47. The molecular weight excluding hydrogens is 500 g/mol. The SMILES string of the molecule is CC(C)[C@H](CO)N1C(=O)[C@@H]2[C@H](C(=O)Nc3ccccc3)[C@@]3(C)OC2(CC3C)C1C(=O)NCCN1CCOCC1. The molecule has 1 spiro atoms. The molecule has 10 nitrogen and oxygen atoms in total. The maximum absolute atomic E-state index is 14.3. The Kier molecular flexibility index (Phi) is 7.76. The first-order valence-corrected chi connectivity index (χ1v) is 14.2. The quantitative estimate of drug-likeness (QED) is 0.428. The number of ether oxygens (including phenoxy) is 2. The number of carbonyl (C=O) groups is 3. The third-order valence-corrected chi connectivity index (χ3v) is 9.47. The van der Waals surface area contributed by atoms with Crippen LogP contribution in [-0.4, -0.2) is 102 Å². The Balaban J connectivity index is 1.46. The van der Waals surface area contributed by atoms with E-state index < -0.39 is 35.1 Å². The van der Waals surface area contributed by atoms with E-state index in [1.54, 1.807) is 4.90 Å². The minimum absolute atomic E-state index is 0.0525. The van der Waals surface area contributed by atoms with Crippen LogP contribution in [0.5, 0.6) is 0 Å². The topological polar surface area (TPSA) is 120 Å². The lowest BCUT2D eigenvalue weighted by atomic mass is 9.62. The van der Waals surface area contributed by atoms with E-state index in [1.165, 1.54) is 0 Å². The summed E-state index contributed by atoms with van der Waals surface area (Å²) in [7, 11) is 0. The van der Waals surface area contributed by atoms with Crippen LogP contribution in [0.25, 0.3) is 0 Å². The van der Waals surface area contributed by atoms with Crippen molar-refractivity contribution in [3.8, 4) is 0 Å². The lowest BCUT2D eigenvalue weighted by Gasteiger charge is -2.38. The maximum atomic E-state index is 14.3. The summed E-state index contributed by atoms with van der Waals surface area (Å²) in [6, 6.07) is 7.66. The predicted molar refractivity (Wildman–Crippen MR) is 145 cm³/mol. The number of aliphatic hydroxyl groups is 1. The number of anilines is 1. The highest BCUT2D eigenvalue weighted by molar-refractivity contribution is 6.02. The summed E-state index contributed by atoms with van der Waals surface area (Å²) in [6.45, 7) is 11.6. The summed E-state index contributed by atoms with van der Waals surface area (Å²) >= 11 is 0. The van der Waals surface area contributed by atoms with Crippen LogP contribution < -0.4 is 10.6 Å². The van der Waals surface area contributed by atoms with Crippen LogP contribution in [-0.2, 0) is 23.9 Å². The smallest absolute Gasteiger partial charge is 0.245 e. The number of amides is 3. The Morgan fingerprint density at radius 2 is 1.85 bits per heavy atom. The minimum atomic E-state index is -1.14. The van der Waals surface area contributed by atoms with Gasteiger partial charge in [0.2, 0.25) is 17.7 Å². The zero-order valence-electron chi connectivity index (χ0n) is 23.4. The zero-order valence-corrected chi connectivity index (χ0v) is 23.4. The van der Waals surface area contributed by atoms with Crippen molar-refractivity contribution < 1.29 is 29.0 Å². The molecule has 3 unspecified atom stereocenters. The van der Waals surface area contributed by atoms with Gasteiger partial charge in [0, 0.05) is 31.9 Å². The largest absolute Gasteiger partial charge is 0.394 e. The number of nitrogens with zero attached hydrogens (tertiary/aromatic N) is 2. The van der Waals surface area contributed by atoms with E-state index in [0.717, 1.165) is 13.1 Å². The number of para-hydroxylation sites is 1. The second kappa shape index (κ2) is 10.8. The lowest BCUT2D eigenvalue weighted by Crippen LogP contribution is -2.59. The lowest BCUT2D eigenvalue weighted by molar-refractivity contribution is -0.151. The number of carbonyl (C=O) groups excluding carboxylic acids is 3. The molecule has 0 aliphatic carbocycles. The number of fused-ring (bicyclic) bond motifs is 1. The molecule has 4 fully saturated rings. The molecule has 1 aromatic carbocycles. The number of nitrogens with one attached hydrogen (secondary N) is 2. The van der Waals surface area contributed by atoms with Gasteiger partial charge in [-0.25, -0.2) is 0 Å². The van der Waals surface area contributed by atoms with Crippen LogP contribution in [0.3, 0.4) is 0 Å². The highest BCUT2D eigenvalue weighted by Crippen LogP contribution is 2.65. The molecule has 2 bridgehead atoms. The molecule has 4 aliphatic rings. The Bertz CT molecular complexity index is 1080. The van der Waals surface area contributed by atoms with Crippen molar-refractivity contribution in [2.45, 2.75) is 57.4 Å². The van der Waals surface area contributed by atoms with Crippen molar-refractivity contribution in [1.29, 1.82) is 0 Å². The van der Waals surface area contributed by atoms with Gasteiger partial charge in [-0.1, -0.05) is 39.0 Å². The summed E-state index contributed by atoms with van der Waals surface area (Å²) < 4.78 is 12.2. The monoisotopic (exact) mass is 542 g/mol. The molecule has 4 aliphatic heterocycles. The van der Waals surface area contributed by atoms with Gasteiger partial charge in [-0.2, -0.15) is 0 Å². The highest BCUT2D eigenvalue weighted by Gasteiger charge is 2.80. The molecule has 3 amide bonds. The van der Waals surface area contributed by atoms with E-state index in [4.69, 9.17) is 9.47 Å². The van der Waals surface area contributed by atoms with Gasteiger partial charge in [-0.15, -0.1) is 0 Å². The van der Waals surface area contributed by atoms with Gasteiger partial charge in [0.15, 0.2) is 0 Å². The first-order valence-electron chi connectivity index (χ1n) is 14.2. The fourth-order valence-corrected chi connectivity index (χ4v) is 7.35. The minimum Gasteiger partial charge on any atom is -0.394 e. The van der Waals surface area contributed by atoms with E-state index >= 15 is 0 Å². The van der Waals surface area contributed by atoms with E-state index in [1.807, 2.05) is 58.0 Å². The second-order valence-corrected chi connectivity index (χ2v) is 12.0. The van der Waals surface area contributed by atoms with Gasteiger partial charge in [0.05, 0.1) is 43.3 Å². The van der Waals surface area contributed by atoms with E-state index in [-0.39, 0.29) is 36.2 Å². The maximum Gasteiger partial charge on any atom is 0.245 e. The summed E-state index contributed by atoms with van der Waals surface area (Å²) in [6.07, 6.45) is 0.489. The number of aliphatic hydroxyl groups excluding tert-OH is 1. The molecule has 0 radical (unpaired) electrons. The molecule has 3 N–H and O–H groups in total. The van der Waals surface area contributed by atoms with Crippen LogP contribution in [0.1, 0.15) is 34.1 Å². The summed E-state index contributed by atoms with van der Waals surface area (Å²) in [5, 5.41) is 16.4. The van der Waals surface area contributed by atoms with Gasteiger partial charge < -0.3 is 30.1 Å². The van der Waals surface area contributed by atoms with Crippen LogP contribution >= 0.6 is 0 Å². The summed E-state index contributed by atoms with van der Waals surface area (Å²) in [5.74, 6) is -2.60. The third kappa shape index (κ3) is 4.65. The van der Waals surface area contributed by atoms with Crippen molar-refractivity contribution >= 4 is 23.4 Å². The Hall–Kier alpha value is -2.53. The van der Waals surface area contributed by atoms with Crippen LogP contribution in [0.15, 0.2) is 30.3 Å². The number of hydrogen-bond donors (Lipinski definition) is 3. The Morgan fingerprint density at radius 3 is 2.49 bits per heavy atom. The summed E-state index contributed by atoms with van der Waals surface area (Å²) in [5.41, 5.74) is -1.40. The molecule has 4 heterocycles. The molecule has 10 heteroatoms. The number of morpholine rings is 1. The first-order chi connectivity index (χ1) is 18.6. The number of rotatable bonds is 9. The van der Waals surface area contributed by atoms with Gasteiger partial charge in [-0.05, 0) is 37.3 Å². The number of benzene rings is 1. The van der Waals surface area contributed by atoms with Crippen molar-refractivity contribution in [3.05, 3.63) is 30.3 Å².